The molecule has 0 fully saturated rings. The monoisotopic (exact) mass is 386 g/mol. The number of aryl methyl sites for hydroxylation is 1. The quantitative estimate of drug-likeness (QED) is 0.462. The van der Waals surface area contributed by atoms with Crippen LogP contribution in [0.1, 0.15) is 37.6 Å². The number of hydrogen-bond donors (Lipinski definition) is 3. The summed E-state index contributed by atoms with van der Waals surface area (Å²) in [7, 11) is 0. The third-order valence-corrected chi connectivity index (χ3v) is 5.62. The highest BCUT2D eigenvalue weighted by atomic mass is 35.5. The predicted molar refractivity (Wildman–Crippen MR) is 105 cm³/mol. The summed E-state index contributed by atoms with van der Waals surface area (Å²) in [4.78, 5) is 24.4. The highest BCUT2D eigenvalue weighted by Crippen LogP contribution is 2.46. The lowest BCUT2D eigenvalue weighted by molar-refractivity contribution is 0.250. The zero-order chi connectivity index (χ0) is 19.3. The summed E-state index contributed by atoms with van der Waals surface area (Å²) in [6, 6.07) is 6.49. The van der Waals surface area contributed by atoms with Gasteiger partial charge in [-0.05, 0) is 30.0 Å². The average molecular weight is 387 g/mol. The van der Waals surface area contributed by atoms with Gasteiger partial charge in [-0.1, -0.05) is 31.5 Å². The van der Waals surface area contributed by atoms with Crippen LogP contribution in [0.2, 0.25) is 5.02 Å². The molecule has 0 aliphatic heterocycles. The number of halogens is 1. The van der Waals surface area contributed by atoms with Gasteiger partial charge >= 0.3 is 0 Å². The van der Waals surface area contributed by atoms with Crippen molar-refractivity contribution in [3.63, 3.8) is 0 Å². The van der Waals surface area contributed by atoms with E-state index in [2.05, 4.69) is 24.5 Å². The van der Waals surface area contributed by atoms with Crippen LogP contribution in [0.25, 0.3) is 0 Å². The van der Waals surface area contributed by atoms with Crippen molar-refractivity contribution < 1.29 is 9.52 Å². The number of nitrogens with one attached hydrogen (secondary N) is 2. The summed E-state index contributed by atoms with van der Waals surface area (Å²) in [6.07, 6.45) is 3.37. The van der Waals surface area contributed by atoms with E-state index in [0.717, 1.165) is 24.2 Å². The first-order chi connectivity index (χ1) is 12.8. The maximum Gasteiger partial charge on any atom is 0.253 e. The van der Waals surface area contributed by atoms with Gasteiger partial charge in [0.05, 0.1) is 23.0 Å². The minimum atomic E-state index is -0.627. The summed E-state index contributed by atoms with van der Waals surface area (Å²) < 4.78 is 5.54. The smallest absolute Gasteiger partial charge is 0.253 e. The number of fused-ring (bicyclic) bond motifs is 1. The van der Waals surface area contributed by atoms with Crippen LogP contribution < -0.4 is 21.5 Å². The Morgan fingerprint density at radius 3 is 2.70 bits per heavy atom. The van der Waals surface area contributed by atoms with Gasteiger partial charge in [0.15, 0.2) is 5.75 Å². The van der Waals surface area contributed by atoms with Gasteiger partial charge in [-0.15, -0.1) is 0 Å². The summed E-state index contributed by atoms with van der Waals surface area (Å²) >= 11 is 5.91. The second-order valence-corrected chi connectivity index (χ2v) is 7.94. The molecule has 1 heterocycles. The standard InChI is InChI=1S/C20H19ClN2O4/c1-20(2)8-6-13-10(7-9-27-13)19(20)23-15-14(17(25)18(15)26)22-12-5-3-4-11(21)16(12)24/h3-5,7,9,19,22-24H,6,8H2,1-2H3/t19-/m0/s1. The Morgan fingerprint density at radius 2 is 1.93 bits per heavy atom. The summed E-state index contributed by atoms with van der Waals surface area (Å²) in [5.41, 5.74) is 0.269. The van der Waals surface area contributed by atoms with Crippen molar-refractivity contribution in [3.8, 4) is 5.75 Å². The molecular weight excluding hydrogens is 368 g/mol. The number of phenols is 1. The first-order valence-corrected chi connectivity index (χ1v) is 9.08. The first kappa shape index (κ1) is 17.7. The van der Waals surface area contributed by atoms with E-state index in [1.165, 1.54) is 6.07 Å². The Kier molecular flexibility index (Phi) is 4.03. The maximum atomic E-state index is 12.2. The fraction of sp³-hybridized carbons (Fsp3) is 0.300. The maximum absolute atomic E-state index is 12.2. The van der Waals surface area contributed by atoms with Gasteiger partial charge in [-0.2, -0.15) is 0 Å². The van der Waals surface area contributed by atoms with Gasteiger partial charge in [-0.25, -0.2) is 0 Å². The number of hydrogen-bond acceptors (Lipinski definition) is 6. The second-order valence-electron chi connectivity index (χ2n) is 7.53. The van der Waals surface area contributed by atoms with Crippen LogP contribution in [0, 0.1) is 5.41 Å². The van der Waals surface area contributed by atoms with E-state index >= 15 is 0 Å². The Labute approximate surface area is 160 Å². The van der Waals surface area contributed by atoms with Crippen LogP contribution in [0.4, 0.5) is 17.1 Å². The Balaban J connectivity index is 1.69. The van der Waals surface area contributed by atoms with Gasteiger partial charge in [0.25, 0.3) is 10.9 Å². The van der Waals surface area contributed by atoms with Gasteiger partial charge in [0.2, 0.25) is 0 Å². The molecule has 140 valence electrons. The van der Waals surface area contributed by atoms with Gasteiger partial charge in [0.1, 0.15) is 17.1 Å². The van der Waals surface area contributed by atoms with Crippen molar-refractivity contribution >= 4 is 28.7 Å². The van der Waals surface area contributed by atoms with E-state index in [1.807, 2.05) is 6.07 Å². The number of para-hydroxylation sites is 1. The highest BCUT2D eigenvalue weighted by Gasteiger charge is 2.39. The number of furan rings is 1. The minimum Gasteiger partial charge on any atom is -0.504 e. The highest BCUT2D eigenvalue weighted by molar-refractivity contribution is 6.32. The van der Waals surface area contributed by atoms with Crippen LogP contribution in [0.3, 0.4) is 0 Å². The van der Waals surface area contributed by atoms with Gasteiger partial charge < -0.3 is 20.2 Å². The molecule has 7 heteroatoms. The lowest BCUT2D eigenvalue weighted by Crippen LogP contribution is -2.41. The molecular formula is C20H19ClN2O4. The summed E-state index contributed by atoms with van der Waals surface area (Å²) in [5, 5.41) is 16.3. The summed E-state index contributed by atoms with van der Waals surface area (Å²) in [6.45, 7) is 4.23. The Hall–Kier alpha value is -2.73. The molecule has 6 nitrogen and oxygen atoms in total. The Morgan fingerprint density at radius 1 is 1.19 bits per heavy atom. The largest absolute Gasteiger partial charge is 0.504 e. The number of rotatable bonds is 4. The van der Waals surface area contributed by atoms with Crippen molar-refractivity contribution in [1.29, 1.82) is 0 Å². The van der Waals surface area contributed by atoms with E-state index in [9.17, 15) is 14.7 Å². The number of benzene rings is 1. The van der Waals surface area contributed by atoms with Crippen LogP contribution in [-0.2, 0) is 6.42 Å². The number of anilines is 3. The molecule has 1 aliphatic carbocycles. The molecule has 1 atom stereocenters. The molecule has 27 heavy (non-hydrogen) atoms. The molecule has 0 spiro atoms. The second kappa shape index (κ2) is 6.16. The SMILES string of the molecule is CC1(C)CCc2occc2[C@@H]1Nc1c(Nc2cccc(Cl)c2O)c(=O)c1=O. The van der Waals surface area contributed by atoms with E-state index < -0.39 is 10.9 Å². The normalized spacial score (nSPS) is 18.3. The first-order valence-electron chi connectivity index (χ1n) is 8.70. The van der Waals surface area contributed by atoms with E-state index in [1.54, 1.807) is 18.4 Å². The molecule has 1 aromatic heterocycles. The fourth-order valence-electron chi connectivity index (χ4n) is 3.63. The fourth-order valence-corrected chi connectivity index (χ4v) is 3.80. The molecule has 3 aromatic rings. The molecule has 1 aliphatic rings. The van der Waals surface area contributed by atoms with Gasteiger partial charge in [0, 0.05) is 12.0 Å². The van der Waals surface area contributed by atoms with Crippen molar-refractivity contribution in [2.45, 2.75) is 32.7 Å². The van der Waals surface area contributed by atoms with Crippen molar-refractivity contribution in [3.05, 3.63) is 67.3 Å². The zero-order valence-electron chi connectivity index (χ0n) is 14.9. The van der Waals surface area contributed by atoms with Gasteiger partial charge in [-0.3, -0.25) is 9.59 Å². The van der Waals surface area contributed by atoms with Crippen LogP contribution in [0.15, 0.2) is 44.5 Å². The molecule has 0 bridgehead atoms. The molecule has 4 rings (SSSR count). The van der Waals surface area contributed by atoms with Crippen molar-refractivity contribution in [2.24, 2.45) is 5.41 Å². The molecule has 0 saturated carbocycles. The molecule has 0 amide bonds. The van der Waals surface area contributed by atoms with Crippen LogP contribution in [0.5, 0.6) is 5.75 Å². The predicted octanol–water partition coefficient (Wildman–Crippen LogP) is 4.10. The van der Waals surface area contributed by atoms with Crippen molar-refractivity contribution in [2.75, 3.05) is 10.6 Å². The third-order valence-electron chi connectivity index (χ3n) is 5.31. The van der Waals surface area contributed by atoms with Crippen LogP contribution in [-0.4, -0.2) is 5.11 Å². The average Bonchev–Trinajstić information content (AvgIpc) is 3.10. The summed E-state index contributed by atoms with van der Waals surface area (Å²) in [5.74, 6) is 0.723. The van der Waals surface area contributed by atoms with Crippen LogP contribution >= 0.6 is 11.6 Å². The van der Waals surface area contributed by atoms with E-state index in [-0.39, 0.29) is 39.3 Å². The van der Waals surface area contributed by atoms with Crippen molar-refractivity contribution in [1.82, 2.24) is 0 Å². The number of phenolic OH excluding ortho intramolecular Hbond substituents is 1. The molecule has 2 aromatic carbocycles. The molecule has 3 N–H and O–H groups in total. The topological polar surface area (TPSA) is 91.6 Å². The number of aromatic hydroxyl groups is 1. The lowest BCUT2D eigenvalue weighted by Gasteiger charge is -2.39. The molecule has 0 unspecified atom stereocenters. The molecule has 0 saturated heterocycles. The van der Waals surface area contributed by atoms with E-state index in [4.69, 9.17) is 16.0 Å². The molecule has 0 radical (unpaired) electrons. The third kappa shape index (κ3) is 2.80. The van der Waals surface area contributed by atoms with E-state index in [0.29, 0.717) is 0 Å². The minimum absolute atomic E-state index is 0.129. The zero-order valence-corrected chi connectivity index (χ0v) is 15.7. The lowest BCUT2D eigenvalue weighted by atomic mass is 9.72. The Bertz CT molecular complexity index is 1090.